The van der Waals surface area contributed by atoms with Crippen LogP contribution >= 0.6 is 43.5 Å². The molecular formula is C15H17Br2ClN2. The van der Waals surface area contributed by atoms with Gasteiger partial charge in [0.05, 0.1) is 6.20 Å². The molecule has 2 aromatic rings. The molecule has 1 aromatic heterocycles. The Balaban J connectivity index is 2.18. The molecule has 0 bridgehead atoms. The van der Waals surface area contributed by atoms with Crippen LogP contribution < -0.4 is 0 Å². The molecule has 0 spiro atoms. The van der Waals surface area contributed by atoms with E-state index in [4.69, 9.17) is 11.6 Å². The predicted octanol–water partition coefficient (Wildman–Crippen LogP) is 4.73. The molecule has 1 aromatic carbocycles. The summed E-state index contributed by atoms with van der Waals surface area (Å²) < 4.78 is 1.85. The highest BCUT2D eigenvalue weighted by atomic mass is 79.9. The van der Waals surface area contributed by atoms with E-state index in [1.807, 2.05) is 30.1 Å². The summed E-state index contributed by atoms with van der Waals surface area (Å²) in [5.41, 5.74) is 2.65. The van der Waals surface area contributed by atoms with E-state index >= 15 is 0 Å². The summed E-state index contributed by atoms with van der Waals surface area (Å²) in [6, 6.07) is 8.16. The minimum Gasteiger partial charge on any atom is -0.276 e. The summed E-state index contributed by atoms with van der Waals surface area (Å²) in [5, 5.41) is 6.83. The van der Waals surface area contributed by atoms with E-state index in [-0.39, 0.29) is 5.41 Å². The zero-order valence-corrected chi connectivity index (χ0v) is 15.2. The van der Waals surface area contributed by atoms with Gasteiger partial charge in [-0.25, -0.2) is 0 Å². The van der Waals surface area contributed by atoms with E-state index < -0.39 is 0 Å². The molecule has 1 heterocycles. The lowest BCUT2D eigenvalue weighted by atomic mass is 9.80. The van der Waals surface area contributed by atoms with E-state index in [2.05, 4.69) is 55.3 Å². The van der Waals surface area contributed by atoms with Gasteiger partial charge in [-0.05, 0) is 36.1 Å². The molecule has 0 atom stereocenters. The van der Waals surface area contributed by atoms with Crippen LogP contribution in [0.25, 0.3) is 0 Å². The van der Waals surface area contributed by atoms with Crippen molar-refractivity contribution in [3.05, 3.63) is 52.8 Å². The molecule has 2 rings (SSSR count). The van der Waals surface area contributed by atoms with E-state index in [1.165, 1.54) is 11.1 Å². The van der Waals surface area contributed by atoms with Gasteiger partial charge < -0.3 is 0 Å². The maximum atomic E-state index is 5.99. The van der Waals surface area contributed by atoms with Gasteiger partial charge in [-0.2, -0.15) is 5.10 Å². The van der Waals surface area contributed by atoms with Gasteiger partial charge in [0.25, 0.3) is 0 Å². The van der Waals surface area contributed by atoms with Crippen LogP contribution in [0.2, 0.25) is 5.02 Å². The highest BCUT2D eigenvalue weighted by Gasteiger charge is 2.29. The van der Waals surface area contributed by atoms with Crippen LogP contribution in [0.1, 0.15) is 17.5 Å². The zero-order valence-electron chi connectivity index (χ0n) is 11.3. The summed E-state index contributed by atoms with van der Waals surface area (Å²) in [7, 11) is 1.95. The molecule has 0 aliphatic carbocycles. The second-order valence-corrected chi connectivity index (χ2v) is 6.63. The molecule has 0 amide bonds. The van der Waals surface area contributed by atoms with Gasteiger partial charge in [0.2, 0.25) is 0 Å². The van der Waals surface area contributed by atoms with Gasteiger partial charge in [-0.15, -0.1) is 0 Å². The van der Waals surface area contributed by atoms with E-state index in [0.717, 1.165) is 28.5 Å². The SMILES string of the molecule is Cn1cc(CCC(CBr)(CBr)c2ccc(Cl)cc2)cn1. The molecule has 0 saturated heterocycles. The lowest BCUT2D eigenvalue weighted by Crippen LogP contribution is -2.30. The van der Waals surface area contributed by atoms with E-state index in [9.17, 15) is 0 Å². The van der Waals surface area contributed by atoms with Crippen LogP contribution in [-0.2, 0) is 18.9 Å². The zero-order chi connectivity index (χ0) is 14.6. The van der Waals surface area contributed by atoms with Gasteiger partial charge in [0.15, 0.2) is 0 Å². The Bertz CT molecular complexity index is 547. The van der Waals surface area contributed by atoms with Crippen molar-refractivity contribution in [2.45, 2.75) is 18.3 Å². The van der Waals surface area contributed by atoms with Crippen molar-refractivity contribution >= 4 is 43.5 Å². The number of nitrogens with zero attached hydrogens (tertiary/aromatic N) is 2. The first-order chi connectivity index (χ1) is 9.59. The molecule has 0 aliphatic rings. The van der Waals surface area contributed by atoms with Gasteiger partial charge in [0.1, 0.15) is 0 Å². The lowest BCUT2D eigenvalue weighted by Gasteiger charge is -2.30. The molecule has 0 aliphatic heterocycles. The van der Waals surface area contributed by atoms with Gasteiger partial charge in [-0.1, -0.05) is 55.6 Å². The standard InChI is InChI=1S/C15H17Br2ClN2/c1-20-9-12(8-19-20)6-7-15(10-16,11-17)13-2-4-14(18)5-3-13/h2-5,8-9H,6-7,10-11H2,1H3. The highest BCUT2D eigenvalue weighted by molar-refractivity contribution is 9.09. The molecule has 2 nitrogen and oxygen atoms in total. The van der Waals surface area contributed by atoms with Crippen molar-refractivity contribution in [2.75, 3.05) is 10.7 Å². The fraction of sp³-hybridized carbons (Fsp3) is 0.400. The number of hydrogen-bond donors (Lipinski definition) is 0. The average molecular weight is 421 g/mol. The molecule has 0 fully saturated rings. The Morgan fingerprint density at radius 3 is 2.35 bits per heavy atom. The summed E-state index contributed by atoms with van der Waals surface area (Å²) in [5.74, 6) is 0. The minimum atomic E-state index is 0.0699. The van der Waals surface area contributed by atoms with Crippen LogP contribution in [0, 0.1) is 0 Å². The quantitative estimate of drug-likeness (QED) is 0.618. The number of halogens is 3. The van der Waals surface area contributed by atoms with Gasteiger partial charge in [-0.3, -0.25) is 4.68 Å². The van der Waals surface area contributed by atoms with Crippen molar-refractivity contribution in [1.29, 1.82) is 0 Å². The first kappa shape index (κ1) is 16.1. The summed E-state index contributed by atoms with van der Waals surface area (Å²) >= 11 is 13.4. The fourth-order valence-corrected chi connectivity index (χ4v) is 4.52. The minimum absolute atomic E-state index is 0.0699. The molecule has 0 unspecified atom stereocenters. The number of alkyl halides is 2. The van der Waals surface area contributed by atoms with Gasteiger partial charge >= 0.3 is 0 Å². The number of hydrogen-bond acceptors (Lipinski definition) is 1. The Kier molecular flexibility index (Phi) is 5.70. The first-order valence-electron chi connectivity index (χ1n) is 6.45. The monoisotopic (exact) mass is 418 g/mol. The second-order valence-electron chi connectivity index (χ2n) is 5.08. The third-order valence-electron chi connectivity index (χ3n) is 3.62. The van der Waals surface area contributed by atoms with Crippen LogP contribution in [0.5, 0.6) is 0 Å². The average Bonchev–Trinajstić information content (AvgIpc) is 2.88. The third kappa shape index (κ3) is 3.66. The molecule has 0 radical (unpaired) electrons. The first-order valence-corrected chi connectivity index (χ1v) is 9.07. The maximum Gasteiger partial charge on any atom is 0.0521 e. The molecule has 0 N–H and O–H groups in total. The Labute approximate surface area is 141 Å². The molecule has 108 valence electrons. The van der Waals surface area contributed by atoms with E-state index in [1.54, 1.807) is 0 Å². The number of rotatable bonds is 6. The normalized spacial score (nSPS) is 11.8. The van der Waals surface area contributed by atoms with Crippen molar-refractivity contribution in [1.82, 2.24) is 9.78 Å². The molecule has 0 saturated carbocycles. The summed E-state index contributed by atoms with van der Waals surface area (Å²) in [4.78, 5) is 0. The van der Waals surface area contributed by atoms with Gasteiger partial charge in [0, 0.05) is 34.3 Å². The second kappa shape index (κ2) is 7.10. The van der Waals surface area contributed by atoms with Crippen LogP contribution in [0.15, 0.2) is 36.7 Å². The maximum absolute atomic E-state index is 5.99. The molecule has 5 heteroatoms. The van der Waals surface area contributed by atoms with Crippen LogP contribution in [-0.4, -0.2) is 20.4 Å². The van der Waals surface area contributed by atoms with E-state index in [0.29, 0.717) is 0 Å². The topological polar surface area (TPSA) is 17.8 Å². The van der Waals surface area contributed by atoms with Crippen molar-refractivity contribution in [3.63, 3.8) is 0 Å². The van der Waals surface area contributed by atoms with Crippen LogP contribution in [0.3, 0.4) is 0 Å². The Hall–Kier alpha value is -0.320. The smallest absolute Gasteiger partial charge is 0.0521 e. The molecular weight excluding hydrogens is 403 g/mol. The Morgan fingerprint density at radius 2 is 1.85 bits per heavy atom. The van der Waals surface area contributed by atoms with Crippen molar-refractivity contribution in [3.8, 4) is 0 Å². The Morgan fingerprint density at radius 1 is 1.20 bits per heavy atom. The van der Waals surface area contributed by atoms with Crippen LogP contribution in [0.4, 0.5) is 0 Å². The number of aryl methyl sites for hydroxylation is 2. The number of aromatic nitrogens is 2. The largest absolute Gasteiger partial charge is 0.276 e. The van der Waals surface area contributed by atoms with Crippen molar-refractivity contribution < 1.29 is 0 Å². The fourth-order valence-electron chi connectivity index (χ4n) is 2.26. The molecule has 20 heavy (non-hydrogen) atoms. The lowest BCUT2D eigenvalue weighted by molar-refractivity contribution is 0.505. The summed E-state index contributed by atoms with van der Waals surface area (Å²) in [6.45, 7) is 0. The highest BCUT2D eigenvalue weighted by Crippen LogP contribution is 2.34. The number of benzene rings is 1. The van der Waals surface area contributed by atoms with Crippen molar-refractivity contribution in [2.24, 2.45) is 7.05 Å². The predicted molar refractivity (Wildman–Crippen MR) is 92.2 cm³/mol. The summed E-state index contributed by atoms with van der Waals surface area (Å²) in [6.07, 6.45) is 6.08. The third-order valence-corrected chi connectivity index (χ3v) is 6.02.